The molecular weight excluding hydrogens is 220 g/mol. The van der Waals surface area contributed by atoms with Crippen molar-refractivity contribution in [2.45, 2.75) is 46.1 Å². The summed E-state index contributed by atoms with van der Waals surface area (Å²) in [5, 5.41) is 0. The largest absolute Gasteiger partial charge is 0.322 e. The Hall–Kier alpha value is -0.900. The summed E-state index contributed by atoms with van der Waals surface area (Å²) in [6.45, 7) is 6.60. The summed E-state index contributed by atoms with van der Waals surface area (Å²) in [4.78, 5) is 13.7. The number of hydrogen-bond acceptors (Lipinski definition) is 2. The van der Waals surface area contributed by atoms with Gasteiger partial charge in [0.2, 0.25) is 0 Å². The van der Waals surface area contributed by atoms with Crippen LogP contribution in [0, 0.1) is 10.7 Å². The second-order valence-corrected chi connectivity index (χ2v) is 5.08. The lowest BCUT2D eigenvalue weighted by atomic mass is 10.0. The first-order valence-electron chi connectivity index (χ1n) is 5.82. The summed E-state index contributed by atoms with van der Waals surface area (Å²) in [6, 6.07) is 1.87. The highest BCUT2D eigenvalue weighted by atomic mass is 32.1. The molecule has 1 atom stereocenters. The van der Waals surface area contributed by atoms with Gasteiger partial charge in [-0.05, 0) is 31.5 Å². The third kappa shape index (κ3) is 3.93. The van der Waals surface area contributed by atoms with Crippen LogP contribution in [0.3, 0.4) is 0 Å². The second kappa shape index (κ2) is 5.99. The van der Waals surface area contributed by atoms with Crippen molar-refractivity contribution in [1.82, 2.24) is 9.55 Å². The molecule has 0 saturated heterocycles. The van der Waals surface area contributed by atoms with E-state index < -0.39 is 0 Å². The van der Waals surface area contributed by atoms with E-state index in [1.54, 1.807) is 6.20 Å². The highest BCUT2D eigenvalue weighted by molar-refractivity contribution is 7.71. The van der Waals surface area contributed by atoms with Crippen LogP contribution in [-0.2, 0) is 0 Å². The molecule has 0 aliphatic heterocycles. The van der Waals surface area contributed by atoms with Gasteiger partial charge in [-0.2, -0.15) is 0 Å². The molecule has 1 rings (SSSR count). The fraction of sp³-hybridized carbons (Fsp3) is 0.667. The maximum Gasteiger partial charge on any atom is 0.251 e. The Bertz CT molecular complexity index is 433. The van der Waals surface area contributed by atoms with E-state index in [2.05, 4.69) is 25.8 Å². The van der Waals surface area contributed by atoms with Gasteiger partial charge >= 0.3 is 0 Å². The molecule has 0 saturated carbocycles. The average molecular weight is 240 g/mol. The second-order valence-electron chi connectivity index (χ2n) is 4.69. The minimum absolute atomic E-state index is 0.129. The van der Waals surface area contributed by atoms with Gasteiger partial charge in [0.25, 0.3) is 5.56 Å². The third-order valence-corrected chi connectivity index (χ3v) is 3.04. The van der Waals surface area contributed by atoms with Crippen LogP contribution in [0.25, 0.3) is 0 Å². The van der Waals surface area contributed by atoms with E-state index in [0.29, 0.717) is 10.8 Å². The van der Waals surface area contributed by atoms with Crippen molar-refractivity contribution < 1.29 is 0 Å². The van der Waals surface area contributed by atoms with E-state index in [1.165, 1.54) is 18.9 Å². The molecule has 0 aliphatic rings. The first-order valence-corrected chi connectivity index (χ1v) is 6.23. The summed E-state index contributed by atoms with van der Waals surface area (Å²) in [7, 11) is 0. The zero-order chi connectivity index (χ0) is 12.1. The van der Waals surface area contributed by atoms with Gasteiger partial charge < -0.3 is 4.57 Å². The van der Waals surface area contributed by atoms with Gasteiger partial charge in [-0.25, -0.2) is 0 Å². The number of hydrogen-bond donors (Lipinski definition) is 1. The molecule has 3 nitrogen and oxygen atoms in total. The van der Waals surface area contributed by atoms with Gasteiger partial charge in [0, 0.05) is 18.3 Å². The van der Waals surface area contributed by atoms with Crippen molar-refractivity contribution in [3.05, 3.63) is 27.4 Å². The van der Waals surface area contributed by atoms with E-state index in [0.717, 1.165) is 12.3 Å². The molecule has 4 heteroatoms. The maximum absolute atomic E-state index is 11.0. The number of aromatic nitrogens is 2. The number of aromatic amines is 1. The number of nitrogens with zero attached hydrogens (tertiary/aromatic N) is 1. The monoisotopic (exact) mass is 240 g/mol. The Balaban J connectivity index is 2.63. The Labute approximate surface area is 102 Å². The van der Waals surface area contributed by atoms with Crippen molar-refractivity contribution in [3.63, 3.8) is 0 Å². The van der Waals surface area contributed by atoms with Crippen molar-refractivity contribution in [2.75, 3.05) is 0 Å². The normalized spacial score (nSPS) is 13.0. The van der Waals surface area contributed by atoms with Crippen LogP contribution in [0.5, 0.6) is 0 Å². The number of nitrogens with one attached hydrogen (secondary N) is 1. The fourth-order valence-electron chi connectivity index (χ4n) is 1.73. The lowest BCUT2D eigenvalue weighted by Crippen LogP contribution is -2.14. The predicted octanol–water partition coefficient (Wildman–Crippen LogP) is 3.29. The zero-order valence-corrected chi connectivity index (χ0v) is 11.0. The summed E-state index contributed by atoms with van der Waals surface area (Å²) in [5.74, 6) is 0.746. The molecule has 0 radical (unpaired) electrons. The summed E-state index contributed by atoms with van der Waals surface area (Å²) in [5.41, 5.74) is -0.129. The smallest absolute Gasteiger partial charge is 0.251 e. The molecule has 0 aromatic carbocycles. The van der Waals surface area contributed by atoms with E-state index in [9.17, 15) is 4.79 Å². The van der Waals surface area contributed by atoms with Crippen LogP contribution < -0.4 is 5.56 Å². The van der Waals surface area contributed by atoms with Crippen LogP contribution in [-0.4, -0.2) is 9.55 Å². The van der Waals surface area contributed by atoms with Crippen molar-refractivity contribution in [3.8, 4) is 0 Å². The quantitative estimate of drug-likeness (QED) is 0.802. The van der Waals surface area contributed by atoms with Gasteiger partial charge in [-0.15, -0.1) is 0 Å². The van der Waals surface area contributed by atoms with Gasteiger partial charge in [0.1, 0.15) is 0 Å². The Kier molecular flexibility index (Phi) is 4.93. The van der Waals surface area contributed by atoms with Crippen molar-refractivity contribution >= 4 is 12.2 Å². The van der Waals surface area contributed by atoms with Crippen LogP contribution >= 0.6 is 12.2 Å². The van der Waals surface area contributed by atoms with Gasteiger partial charge in [0.15, 0.2) is 4.77 Å². The molecular formula is C12H20N2OS. The molecule has 16 heavy (non-hydrogen) atoms. The molecule has 0 aliphatic carbocycles. The summed E-state index contributed by atoms with van der Waals surface area (Å²) < 4.78 is 2.47. The topological polar surface area (TPSA) is 37.8 Å². The number of rotatable bonds is 5. The number of H-pyrrole nitrogens is 1. The SMILES string of the molecule is CC(C)CCCC(C)n1ccc(=O)[nH]c1=S. The molecule has 1 aromatic heterocycles. The Morgan fingerprint density at radius 2 is 2.06 bits per heavy atom. The molecule has 1 heterocycles. The highest BCUT2D eigenvalue weighted by Gasteiger charge is 2.05. The predicted molar refractivity (Wildman–Crippen MR) is 69.3 cm³/mol. The average Bonchev–Trinajstić information content (AvgIpc) is 2.16. The molecule has 0 bridgehead atoms. The van der Waals surface area contributed by atoms with Gasteiger partial charge in [-0.1, -0.05) is 26.7 Å². The Morgan fingerprint density at radius 3 is 2.62 bits per heavy atom. The maximum atomic E-state index is 11.0. The standard InChI is InChI=1S/C12H20N2OS/c1-9(2)5-4-6-10(3)14-8-7-11(15)13-12(14)16/h7-10H,4-6H2,1-3H3,(H,13,15,16). The molecule has 1 unspecified atom stereocenters. The van der Waals surface area contributed by atoms with Crippen molar-refractivity contribution in [2.24, 2.45) is 5.92 Å². The Morgan fingerprint density at radius 1 is 1.38 bits per heavy atom. The van der Waals surface area contributed by atoms with Crippen LogP contribution in [0.2, 0.25) is 0 Å². The fourth-order valence-corrected chi connectivity index (χ4v) is 2.08. The third-order valence-electron chi connectivity index (χ3n) is 2.73. The summed E-state index contributed by atoms with van der Waals surface area (Å²) in [6.07, 6.45) is 5.31. The molecule has 0 amide bonds. The van der Waals surface area contributed by atoms with E-state index in [1.807, 2.05) is 4.57 Å². The minimum atomic E-state index is -0.129. The van der Waals surface area contributed by atoms with Gasteiger partial charge in [-0.3, -0.25) is 9.78 Å². The van der Waals surface area contributed by atoms with E-state index in [-0.39, 0.29) is 5.56 Å². The molecule has 90 valence electrons. The molecule has 1 aromatic rings. The first-order chi connectivity index (χ1) is 7.50. The molecule has 0 fully saturated rings. The lowest BCUT2D eigenvalue weighted by Gasteiger charge is -2.15. The van der Waals surface area contributed by atoms with Crippen LogP contribution in [0.4, 0.5) is 0 Å². The van der Waals surface area contributed by atoms with Gasteiger partial charge in [0.05, 0.1) is 0 Å². The first kappa shape index (κ1) is 13.2. The van der Waals surface area contributed by atoms with Crippen LogP contribution in [0.15, 0.2) is 17.1 Å². The zero-order valence-electron chi connectivity index (χ0n) is 10.2. The minimum Gasteiger partial charge on any atom is -0.322 e. The lowest BCUT2D eigenvalue weighted by molar-refractivity contribution is 0.438. The highest BCUT2D eigenvalue weighted by Crippen LogP contribution is 2.16. The van der Waals surface area contributed by atoms with E-state index >= 15 is 0 Å². The molecule has 0 spiro atoms. The molecule has 1 N–H and O–H groups in total. The van der Waals surface area contributed by atoms with E-state index in [4.69, 9.17) is 12.2 Å². The summed E-state index contributed by atoms with van der Waals surface area (Å²) >= 11 is 5.13. The van der Waals surface area contributed by atoms with Crippen molar-refractivity contribution in [1.29, 1.82) is 0 Å². The van der Waals surface area contributed by atoms with Crippen LogP contribution in [0.1, 0.15) is 46.1 Å².